The summed E-state index contributed by atoms with van der Waals surface area (Å²) >= 11 is 1.45. The lowest BCUT2D eigenvalue weighted by atomic mass is 9.92. The highest BCUT2D eigenvalue weighted by atomic mass is 32.1. The lowest BCUT2D eigenvalue weighted by Gasteiger charge is -2.16. The molecule has 0 bridgehead atoms. The molecule has 1 heterocycles. The Morgan fingerprint density at radius 3 is 2.39 bits per heavy atom. The highest BCUT2D eigenvalue weighted by Gasteiger charge is 2.26. The fraction of sp³-hybridized carbons (Fsp3) is 0.290. The molecule has 1 amide bonds. The molecule has 1 aromatic heterocycles. The first kappa shape index (κ1) is 23.0. The van der Waals surface area contributed by atoms with Gasteiger partial charge < -0.3 is 4.74 Å². The first-order valence-electron chi connectivity index (χ1n) is 12.8. The van der Waals surface area contributed by atoms with Gasteiger partial charge in [-0.2, -0.15) is 4.37 Å². The van der Waals surface area contributed by atoms with Gasteiger partial charge in [-0.05, 0) is 102 Å². The quantitative estimate of drug-likeness (QED) is 0.292. The van der Waals surface area contributed by atoms with E-state index >= 15 is 0 Å². The number of fused-ring (bicyclic) bond motifs is 1. The third-order valence-corrected chi connectivity index (χ3v) is 8.41. The van der Waals surface area contributed by atoms with Gasteiger partial charge in [0.2, 0.25) is 0 Å². The standard InChI is InChI=1S/C31H30N2O2S/c1-19-29(32-31(34)35-20(2)21-7-4-3-5-8-21)30(36-33-19)28-18-17-25(26-9-6-10-27(26)28)24-15-13-23(14-16-24)22-11-12-22/h3-5,7-8,13-18,20,22H,6,9-12H2,1-2H3,(H,32,34)/t20-/m1/s1. The molecular weight excluding hydrogens is 464 g/mol. The van der Waals surface area contributed by atoms with Crippen LogP contribution in [-0.4, -0.2) is 10.5 Å². The number of carbonyl (C=O) groups is 1. The van der Waals surface area contributed by atoms with Crippen LogP contribution in [0.4, 0.5) is 10.5 Å². The Hall–Kier alpha value is -3.44. The topological polar surface area (TPSA) is 51.2 Å². The molecule has 182 valence electrons. The van der Waals surface area contributed by atoms with E-state index in [2.05, 4.69) is 46.1 Å². The average Bonchev–Trinajstić information content (AvgIpc) is 3.53. The maximum absolute atomic E-state index is 12.8. The second-order valence-corrected chi connectivity index (χ2v) is 10.7. The van der Waals surface area contributed by atoms with Gasteiger partial charge in [-0.1, -0.05) is 66.7 Å². The molecule has 0 radical (unpaired) electrons. The average molecular weight is 495 g/mol. The first-order chi connectivity index (χ1) is 17.6. The number of anilines is 1. The van der Waals surface area contributed by atoms with E-state index in [4.69, 9.17) is 4.74 Å². The van der Waals surface area contributed by atoms with Gasteiger partial charge in [0.1, 0.15) is 6.10 Å². The van der Waals surface area contributed by atoms with Crippen LogP contribution in [0.2, 0.25) is 0 Å². The number of carbonyl (C=O) groups excluding carboxylic acids is 1. The molecule has 0 saturated heterocycles. The summed E-state index contributed by atoms with van der Waals surface area (Å²) in [6.07, 6.45) is 5.14. The van der Waals surface area contributed by atoms with E-state index in [0.29, 0.717) is 0 Å². The summed E-state index contributed by atoms with van der Waals surface area (Å²) in [6.45, 7) is 3.82. The zero-order valence-corrected chi connectivity index (χ0v) is 21.5. The van der Waals surface area contributed by atoms with Crippen molar-refractivity contribution in [2.45, 2.75) is 58.0 Å². The Labute approximate surface area is 216 Å². The van der Waals surface area contributed by atoms with Crippen LogP contribution in [0.3, 0.4) is 0 Å². The molecule has 5 heteroatoms. The predicted molar refractivity (Wildman–Crippen MR) is 147 cm³/mol. The minimum atomic E-state index is -0.458. The SMILES string of the molecule is Cc1nsc(-c2ccc(-c3ccc(C4CC4)cc3)c3c2CCC3)c1NC(=O)O[C@H](C)c1ccccc1. The zero-order valence-electron chi connectivity index (χ0n) is 20.7. The Bertz CT molecular complexity index is 1400. The van der Waals surface area contributed by atoms with Gasteiger partial charge in [0.05, 0.1) is 16.3 Å². The minimum absolute atomic E-state index is 0.337. The molecule has 2 aliphatic carbocycles. The normalized spacial score (nSPS) is 15.4. The highest BCUT2D eigenvalue weighted by Crippen LogP contribution is 2.44. The molecule has 36 heavy (non-hydrogen) atoms. The van der Waals surface area contributed by atoms with E-state index in [1.807, 2.05) is 44.2 Å². The maximum Gasteiger partial charge on any atom is 0.412 e. The summed E-state index contributed by atoms with van der Waals surface area (Å²) in [5.74, 6) is 0.773. The minimum Gasteiger partial charge on any atom is -0.441 e. The van der Waals surface area contributed by atoms with Crippen molar-refractivity contribution >= 4 is 23.3 Å². The molecule has 0 aliphatic heterocycles. The molecule has 1 fully saturated rings. The summed E-state index contributed by atoms with van der Waals surface area (Å²) in [4.78, 5) is 13.8. The van der Waals surface area contributed by atoms with Crippen LogP contribution in [-0.2, 0) is 17.6 Å². The highest BCUT2D eigenvalue weighted by molar-refractivity contribution is 7.10. The molecule has 4 nitrogen and oxygen atoms in total. The van der Waals surface area contributed by atoms with Crippen molar-refractivity contribution in [2.75, 3.05) is 5.32 Å². The molecule has 3 aromatic carbocycles. The van der Waals surface area contributed by atoms with E-state index in [1.54, 1.807) is 0 Å². The van der Waals surface area contributed by atoms with Gasteiger partial charge in [0, 0.05) is 0 Å². The first-order valence-corrected chi connectivity index (χ1v) is 13.6. The molecule has 0 spiro atoms. The summed E-state index contributed by atoms with van der Waals surface area (Å²) in [5.41, 5.74) is 10.6. The Balaban J connectivity index is 1.28. The fourth-order valence-corrected chi connectivity index (χ4v) is 6.22. The number of nitrogens with one attached hydrogen (secondary N) is 1. The van der Waals surface area contributed by atoms with Crippen molar-refractivity contribution in [1.82, 2.24) is 4.37 Å². The van der Waals surface area contributed by atoms with Gasteiger partial charge in [0.25, 0.3) is 0 Å². The molecule has 0 unspecified atom stereocenters. The van der Waals surface area contributed by atoms with Gasteiger partial charge >= 0.3 is 6.09 Å². The molecule has 2 aliphatic rings. The van der Waals surface area contributed by atoms with E-state index in [1.165, 1.54) is 57.8 Å². The second-order valence-electron chi connectivity index (χ2n) is 9.92. The smallest absolute Gasteiger partial charge is 0.412 e. The second kappa shape index (κ2) is 9.55. The molecule has 4 aromatic rings. The van der Waals surface area contributed by atoms with Crippen molar-refractivity contribution in [3.8, 4) is 21.6 Å². The van der Waals surface area contributed by atoms with Crippen LogP contribution in [0.5, 0.6) is 0 Å². The van der Waals surface area contributed by atoms with Crippen molar-refractivity contribution in [2.24, 2.45) is 0 Å². The van der Waals surface area contributed by atoms with E-state index in [-0.39, 0.29) is 6.10 Å². The maximum atomic E-state index is 12.8. The number of benzene rings is 3. The van der Waals surface area contributed by atoms with Crippen molar-refractivity contribution < 1.29 is 9.53 Å². The monoisotopic (exact) mass is 494 g/mol. The molecule has 1 N–H and O–H groups in total. The number of hydrogen-bond donors (Lipinski definition) is 1. The number of aryl methyl sites for hydroxylation is 1. The molecule has 1 atom stereocenters. The third-order valence-electron chi connectivity index (χ3n) is 7.44. The van der Waals surface area contributed by atoms with Gasteiger partial charge in [-0.3, -0.25) is 5.32 Å². The van der Waals surface area contributed by atoms with Gasteiger partial charge in [0.15, 0.2) is 0 Å². The van der Waals surface area contributed by atoms with Crippen LogP contribution < -0.4 is 5.32 Å². The van der Waals surface area contributed by atoms with Crippen LogP contribution >= 0.6 is 11.5 Å². The lowest BCUT2D eigenvalue weighted by Crippen LogP contribution is -2.16. The van der Waals surface area contributed by atoms with Crippen LogP contribution in [0.25, 0.3) is 21.6 Å². The number of rotatable bonds is 6. The summed E-state index contributed by atoms with van der Waals surface area (Å²) in [5, 5.41) is 3.00. The predicted octanol–water partition coefficient (Wildman–Crippen LogP) is 8.46. The zero-order chi connectivity index (χ0) is 24.6. The molecule has 6 rings (SSSR count). The summed E-state index contributed by atoms with van der Waals surface area (Å²) < 4.78 is 10.3. The third kappa shape index (κ3) is 4.44. The van der Waals surface area contributed by atoms with E-state index in [0.717, 1.165) is 47.0 Å². The van der Waals surface area contributed by atoms with Crippen LogP contribution in [0.15, 0.2) is 66.7 Å². The largest absolute Gasteiger partial charge is 0.441 e. The number of aromatic nitrogens is 1. The van der Waals surface area contributed by atoms with Gasteiger partial charge in [-0.25, -0.2) is 4.79 Å². The van der Waals surface area contributed by atoms with Gasteiger partial charge in [-0.15, -0.1) is 0 Å². The summed E-state index contributed by atoms with van der Waals surface area (Å²) in [7, 11) is 0. The number of nitrogens with zero attached hydrogens (tertiary/aromatic N) is 1. The molecule has 1 saturated carbocycles. The summed E-state index contributed by atoms with van der Waals surface area (Å²) in [6, 6.07) is 23.4. The molecular formula is C31H30N2O2S. The number of amides is 1. The Kier molecular flexibility index (Phi) is 6.10. The number of hydrogen-bond acceptors (Lipinski definition) is 4. The van der Waals surface area contributed by atoms with Crippen molar-refractivity contribution in [3.05, 3.63) is 94.7 Å². The van der Waals surface area contributed by atoms with E-state index in [9.17, 15) is 4.79 Å². The Morgan fingerprint density at radius 2 is 1.67 bits per heavy atom. The fourth-order valence-electron chi connectivity index (χ4n) is 5.33. The van der Waals surface area contributed by atoms with Crippen LogP contribution in [0, 0.1) is 6.92 Å². The van der Waals surface area contributed by atoms with Crippen molar-refractivity contribution in [1.29, 1.82) is 0 Å². The number of ether oxygens (including phenoxy) is 1. The van der Waals surface area contributed by atoms with E-state index < -0.39 is 6.09 Å². The van der Waals surface area contributed by atoms with Crippen LogP contribution in [0.1, 0.15) is 66.2 Å². The lowest BCUT2D eigenvalue weighted by molar-refractivity contribution is 0.121. The van der Waals surface area contributed by atoms with Crippen molar-refractivity contribution in [3.63, 3.8) is 0 Å². The Morgan fingerprint density at radius 1 is 0.972 bits per heavy atom.